The van der Waals surface area contributed by atoms with Crippen molar-refractivity contribution in [2.24, 2.45) is 0 Å². The van der Waals surface area contributed by atoms with Crippen LogP contribution in [0.4, 0.5) is 0 Å². The summed E-state index contributed by atoms with van der Waals surface area (Å²) in [4.78, 5) is 0. The molecule has 4 nitrogen and oxygen atoms in total. The van der Waals surface area contributed by atoms with Gasteiger partial charge in [0.25, 0.3) is 0 Å². The largest absolute Gasteiger partial charge is 0.466 e. The van der Waals surface area contributed by atoms with Gasteiger partial charge in [-0.15, -0.1) is 0 Å². The standard InChI is InChI=1S/C22H38Cl2O4Si3.Zr/c1-13-11-17(23)21(19(13)25-15(3)27-30(5,6)7)29-22-18(24)12-14(2)20(22)26-16(4)28-31(8,9)10;/h15-16H,11-12,29H2,1-10H3;. The van der Waals surface area contributed by atoms with E-state index in [9.17, 15) is 0 Å². The average molecular weight is 613 g/mol. The van der Waals surface area contributed by atoms with Crippen molar-refractivity contribution in [1.29, 1.82) is 0 Å². The van der Waals surface area contributed by atoms with Gasteiger partial charge in [-0.1, -0.05) is 23.2 Å². The van der Waals surface area contributed by atoms with Crippen LogP contribution >= 0.6 is 23.2 Å². The van der Waals surface area contributed by atoms with Crippen LogP contribution in [-0.2, 0) is 44.5 Å². The molecule has 180 valence electrons. The van der Waals surface area contributed by atoms with Crippen LogP contribution in [0.5, 0.6) is 0 Å². The summed E-state index contributed by atoms with van der Waals surface area (Å²) in [7, 11) is -4.44. The molecule has 2 unspecified atom stereocenters. The van der Waals surface area contributed by atoms with Gasteiger partial charge in [0, 0.05) is 49.1 Å². The van der Waals surface area contributed by atoms with Crippen LogP contribution in [0.3, 0.4) is 0 Å². The molecular weight excluding hydrogens is 575 g/mol. The van der Waals surface area contributed by atoms with E-state index in [4.69, 9.17) is 41.5 Å². The predicted octanol–water partition coefficient (Wildman–Crippen LogP) is 6.84. The second kappa shape index (κ2) is 12.0. The van der Waals surface area contributed by atoms with E-state index in [0.29, 0.717) is 0 Å². The van der Waals surface area contributed by atoms with Gasteiger partial charge in [-0.2, -0.15) is 0 Å². The van der Waals surface area contributed by atoms with Gasteiger partial charge in [0.2, 0.25) is 0 Å². The fourth-order valence-corrected chi connectivity index (χ4v) is 8.99. The van der Waals surface area contributed by atoms with Crippen LogP contribution in [0.25, 0.3) is 0 Å². The number of allylic oxidation sites excluding steroid dienone is 6. The minimum absolute atomic E-state index is 0. The topological polar surface area (TPSA) is 36.9 Å². The molecule has 2 aliphatic carbocycles. The van der Waals surface area contributed by atoms with E-state index in [1.165, 1.54) is 0 Å². The maximum absolute atomic E-state index is 6.71. The molecule has 0 aromatic rings. The monoisotopic (exact) mass is 610 g/mol. The molecule has 2 rings (SSSR count). The molecular formula is C22H38Cl2O4Si3Zr. The number of hydrogen-bond donors (Lipinski definition) is 0. The van der Waals surface area contributed by atoms with Crippen molar-refractivity contribution in [3.63, 3.8) is 0 Å². The van der Waals surface area contributed by atoms with Gasteiger partial charge < -0.3 is 18.3 Å². The molecule has 0 aromatic carbocycles. The third-order valence-electron chi connectivity index (χ3n) is 4.78. The Kier molecular flexibility index (Phi) is 11.5. The Hall–Kier alpha value is 0.594. The molecule has 0 amide bonds. The normalized spacial score (nSPS) is 20.0. The zero-order chi connectivity index (χ0) is 23.7. The molecule has 0 saturated carbocycles. The Bertz CT molecular complexity index is 771. The first kappa shape index (κ1) is 30.6. The Labute approximate surface area is 228 Å². The Balaban J connectivity index is 0.00000512. The van der Waals surface area contributed by atoms with Gasteiger partial charge in [-0.3, -0.25) is 0 Å². The predicted molar refractivity (Wildman–Crippen MR) is 139 cm³/mol. The van der Waals surface area contributed by atoms with Gasteiger partial charge >= 0.3 is 0 Å². The molecule has 32 heavy (non-hydrogen) atoms. The van der Waals surface area contributed by atoms with Crippen LogP contribution in [-0.4, -0.2) is 38.7 Å². The molecule has 0 spiro atoms. The van der Waals surface area contributed by atoms with Gasteiger partial charge in [0.05, 0.1) is 0 Å². The molecule has 10 heteroatoms. The van der Waals surface area contributed by atoms with Crippen LogP contribution in [0, 0.1) is 0 Å². The van der Waals surface area contributed by atoms with E-state index < -0.39 is 26.2 Å². The van der Waals surface area contributed by atoms with Gasteiger partial charge in [0.15, 0.2) is 29.2 Å². The van der Waals surface area contributed by atoms with Crippen molar-refractivity contribution in [2.75, 3.05) is 0 Å². The van der Waals surface area contributed by atoms with E-state index in [1.807, 2.05) is 13.8 Å². The fraction of sp³-hybridized carbons (Fsp3) is 0.636. The van der Waals surface area contributed by atoms with Crippen molar-refractivity contribution in [3.05, 3.63) is 43.1 Å². The number of hydrogen-bond acceptors (Lipinski definition) is 4. The summed E-state index contributed by atoms with van der Waals surface area (Å²) in [6.45, 7) is 21.0. The fourth-order valence-electron chi connectivity index (χ4n) is 3.85. The zero-order valence-corrected chi connectivity index (χ0v) is 28.5. The maximum atomic E-state index is 6.71. The second-order valence-corrected chi connectivity index (χ2v) is 21.9. The van der Waals surface area contributed by atoms with Crippen LogP contribution < -0.4 is 0 Å². The summed E-state index contributed by atoms with van der Waals surface area (Å²) in [6, 6.07) is 0. The minimum Gasteiger partial charge on any atom is -0.466 e. The molecule has 0 fully saturated rings. The SMILES string of the molecule is CC1=C(OC(C)O[Si](C)(C)C)C([SiH2]C2=C(Cl)CC(C)=C2OC(C)O[Si](C)(C)C)=C(Cl)C1.[Zr]. The summed E-state index contributed by atoms with van der Waals surface area (Å²) < 4.78 is 24.8. The van der Waals surface area contributed by atoms with E-state index in [2.05, 4.69) is 53.1 Å². The number of ether oxygens (including phenoxy) is 2. The van der Waals surface area contributed by atoms with E-state index in [-0.39, 0.29) is 38.8 Å². The molecule has 2 atom stereocenters. The van der Waals surface area contributed by atoms with E-state index in [1.54, 1.807) is 0 Å². The van der Waals surface area contributed by atoms with Gasteiger partial charge in [-0.25, -0.2) is 0 Å². The van der Waals surface area contributed by atoms with Crippen molar-refractivity contribution in [2.45, 2.75) is 92.4 Å². The summed E-state index contributed by atoms with van der Waals surface area (Å²) >= 11 is 13.4. The summed E-state index contributed by atoms with van der Waals surface area (Å²) in [5.74, 6) is 1.77. The number of rotatable bonds is 10. The quantitative estimate of drug-likeness (QED) is 0.200. The van der Waals surface area contributed by atoms with Crippen LogP contribution in [0.2, 0.25) is 39.3 Å². The molecule has 0 heterocycles. The average Bonchev–Trinajstić information content (AvgIpc) is 2.94. The Morgan fingerprint density at radius 1 is 0.719 bits per heavy atom. The Morgan fingerprint density at radius 3 is 1.31 bits per heavy atom. The molecule has 2 aliphatic rings. The van der Waals surface area contributed by atoms with E-state index in [0.717, 1.165) is 56.0 Å². The van der Waals surface area contributed by atoms with Crippen molar-refractivity contribution in [1.82, 2.24) is 0 Å². The first-order valence-electron chi connectivity index (χ1n) is 10.9. The summed E-state index contributed by atoms with van der Waals surface area (Å²) in [5.41, 5.74) is 2.29. The molecule has 0 radical (unpaired) electrons. The van der Waals surface area contributed by atoms with E-state index >= 15 is 0 Å². The van der Waals surface area contributed by atoms with Gasteiger partial charge in [-0.05, 0) is 88.5 Å². The third kappa shape index (κ3) is 8.99. The molecule has 0 saturated heterocycles. The first-order chi connectivity index (χ1) is 14.1. The van der Waals surface area contributed by atoms with Crippen molar-refractivity contribution < 1.29 is 44.5 Å². The third-order valence-corrected chi connectivity index (χ3v) is 10.2. The molecule has 0 N–H and O–H groups in total. The summed E-state index contributed by atoms with van der Waals surface area (Å²) in [6.07, 6.45) is 0.819. The van der Waals surface area contributed by atoms with Crippen molar-refractivity contribution >= 4 is 49.4 Å². The molecule has 0 aliphatic heterocycles. The Morgan fingerprint density at radius 2 is 1.03 bits per heavy atom. The summed E-state index contributed by atoms with van der Waals surface area (Å²) in [5, 5.41) is 3.92. The smallest absolute Gasteiger partial charge is 0.188 e. The first-order valence-corrected chi connectivity index (χ1v) is 19.9. The number of halogens is 2. The van der Waals surface area contributed by atoms with Gasteiger partial charge in [0.1, 0.15) is 21.0 Å². The van der Waals surface area contributed by atoms with Crippen LogP contribution in [0.1, 0.15) is 40.5 Å². The molecule has 0 bridgehead atoms. The zero-order valence-electron chi connectivity index (χ0n) is 21.2. The second-order valence-electron chi connectivity index (χ2n) is 10.3. The molecule has 0 aromatic heterocycles. The minimum atomic E-state index is -1.71. The van der Waals surface area contributed by atoms with Crippen LogP contribution in [0.15, 0.2) is 43.1 Å². The van der Waals surface area contributed by atoms with Crippen molar-refractivity contribution in [3.8, 4) is 0 Å². The maximum Gasteiger partial charge on any atom is 0.188 e.